The van der Waals surface area contributed by atoms with Crippen LogP contribution in [0.25, 0.3) is 0 Å². The Kier molecular flexibility index (Phi) is 2.88. The number of hydrogen-bond acceptors (Lipinski definition) is 4. The van der Waals surface area contributed by atoms with Crippen LogP contribution >= 0.6 is 0 Å². The van der Waals surface area contributed by atoms with Crippen LogP contribution in [0.4, 0.5) is 11.4 Å². The molecule has 0 saturated carbocycles. The number of nitrogens with zero attached hydrogens (tertiary/aromatic N) is 1. The molecule has 2 N–H and O–H groups in total. The summed E-state index contributed by atoms with van der Waals surface area (Å²) in [5, 5.41) is 0. The smallest absolute Gasteiger partial charge is 0.231 e. The molecule has 0 fully saturated rings. The lowest BCUT2D eigenvalue weighted by molar-refractivity contribution is 0.174. The standard InChI is InChI=1S/C17H18N2O2/c18-14-4-1-5-15-13(14)3-2-8-19(15)10-12-6-7-16-17(9-12)21-11-20-16/h1,4-7,9H,2-3,8,10-11,18H2. The summed E-state index contributed by atoms with van der Waals surface area (Å²) >= 11 is 0. The first-order valence-electron chi connectivity index (χ1n) is 7.32. The lowest BCUT2D eigenvalue weighted by Gasteiger charge is -2.32. The summed E-state index contributed by atoms with van der Waals surface area (Å²) < 4.78 is 10.8. The number of fused-ring (bicyclic) bond motifs is 2. The maximum absolute atomic E-state index is 6.11. The van der Waals surface area contributed by atoms with Gasteiger partial charge in [0.1, 0.15) is 0 Å². The molecule has 21 heavy (non-hydrogen) atoms. The number of hydrogen-bond donors (Lipinski definition) is 1. The first-order valence-corrected chi connectivity index (χ1v) is 7.32. The average Bonchev–Trinajstić information content (AvgIpc) is 2.96. The van der Waals surface area contributed by atoms with Gasteiger partial charge < -0.3 is 20.1 Å². The van der Waals surface area contributed by atoms with Crippen LogP contribution in [0.15, 0.2) is 36.4 Å². The predicted molar refractivity (Wildman–Crippen MR) is 82.8 cm³/mol. The van der Waals surface area contributed by atoms with Gasteiger partial charge in [0.05, 0.1) is 0 Å². The van der Waals surface area contributed by atoms with Crippen molar-refractivity contribution in [3.8, 4) is 11.5 Å². The minimum Gasteiger partial charge on any atom is -0.454 e. The van der Waals surface area contributed by atoms with Gasteiger partial charge in [-0.3, -0.25) is 0 Å². The number of rotatable bonds is 2. The molecule has 0 aliphatic carbocycles. The van der Waals surface area contributed by atoms with Gasteiger partial charge in [-0.15, -0.1) is 0 Å². The maximum atomic E-state index is 6.11. The Morgan fingerprint density at radius 1 is 1.10 bits per heavy atom. The zero-order valence-electron chi connectivity index (χ0n) is 11.8. The monoisotopic (exact) mass is 282 g/mol. The van der Waals surface area contributed by atoms with Crippen molar-refractivity contribution >= 4 is 11.4 Å². The summed E-state index contributed by atoms with van der Waals surface area (Å²) in [4.78, 5) is 2.40. The Morgan fingerprint density at radius 3 is 2.95 bits per heavy atom. The summed E-state index contributed by atoms with van der Waals surface area (Å²) in [7, 11) is 0. The molecular weight excluding hydrogens is 264 g/mol. The van der Waals surface area contributed by atoms with Crippen LogP contribution in [0.5, 0.6) is 11.5 Å². The molecule has 0 unspecified atom stereocenters. The first-order chi connectivity index (χ1) is 10.3. The van der Waals surface area contributed by atoms with Crippen molar-refractivity contribution in [1.29, 1.82) is 0 Å². The van der Waals surface area contributed by atoms with Crippen molar-refractivity contribution < 1.29 is 9.47 Å². The molecule has 0 aromatic heterocycles. The van der Waals surface area contributed by atoms with Crippen LogP contribution in [0.3, 0.4) is 0 Å². The van der Waals surface area contributed by atoms with Crippen LogP contribution < -0.4 is 20.1 Å². The van der Waals surface area contributed by atoms with E-state index < -0.39 is 0 Å². The molecule has 2 heterocycles. The highest BCUT2D eigenvalue weighted by molar-refractivity contribution is 5.66. The summed E-state index contributed by atoms with van der Waals surface area (Å²) in [6.07, 6.45) is 2.21. The Bertz CT molecular complexity index is 684. The third kappa shape index (κ3) is 2.17. The Morgan fingerprint density at radius 2 is 2.00 bits per heavy atom. The molecule has 4 nitrogen and oxygen atoms in total. The number of anilines is 2. The van der Waals surface area contributed by atoms with Gasteiger partial charge in [-0.25, -0.2) is 0 Å². The normalized spacial score (nSPS) is 15.9. The quantitative estimate of drug-likeness (QED) is 0.860. The first kappa shape index (κ1) is 12.4. The van der Waals surface area contributed by atoms with Gasteiger partial charge in [0.25, 0.3) is 0 Å². The summed E-state index contributed by atoms with van der Waals surface area (Å²) in [6, 6.07) is 12.4. The molecule has 2 aromatic carbocycles. The van der Waals surface area contributed by atoms with Gasteiger partial charge in [-0.1, -0.05) is 12.1 Å². The van der Waals surface area contributed by atoms with Crippen LogP contribution in [0, 0.1) is 0 Å². The molecule has 4 heteroatoms. The van der Waals surface area contributed by atoms with Crippen molar-refractivity contribution in [3.05, 3.63) is 47.5 Å². The highest BCUT2D eigenvalue weighted by Gasteiger charge is 2.20. The molecule has 2 aliphatic heterocycles. The zero-order valence-corrected chi connectivity index (χ0v) is 11.8. The van der Waals surface area contributed by atoms with Crippen molar-refractivity contribution in [2.75, 3.05) is 24.0 Å². The van der Waals surface area contributed by atoms with Gasteiger partial charge in [0.15, 0.2) is 11.5 Å². The van der Waals surface area contributed by atoms with Crippen LogP contribution in [0.1, 0.15) is 17.5 Å². The molecule has 0 radical (unpaired) electrons. The van der Waals surface area contributed by atoms with E-state index in [4.69, 9.17) is 15.2 Å². The number of ether oxygens (including phenoxy) is 2. The van der Waals surface area contributed by atoms with E-state index in [1.807, 2.05) is 18.2 Å². The van der Waals surface area contributed by atoms with Crippen LogP contribution in [0.2, 0.25) is 0 Å². The molecule has 0 atom stereocenters. The number of benzene rings is 2. The van der Waals surface area contributed by atoms with Gasteiger partial charge >= 0.3 is 0 Å². The predicted octanol–water partition coefficient (Wildman–Crippen LogP) is 2.95. The fourth-order valence-corrected chi connectivity index (χ4v) is 3.15. The second-order valence-corrected chi connectivity index (χ2v) is 5.56. The molecule has 0 spiro atoms. The van der Waals surface area contributed by atoms with Crippen molar-refractivity contribution in [2.24, 2.45) is 0 Å². The summed E-state index contributed by atoms with van der Waals surface area (Å²) in [5.74, 6) is 1.68. The SMILES string of the molecule is Nc1cccc2c1CCCN2Cc1ccc2c(c1)OCO2. The fourth-order valence-electron chi connectivity index (χ4n) is 3.15. The largest absolute Gasteiger partial charge is 0.454 e. The molecule has 2 aliphatic rings. The van der Waals surface area contributed by atoms with Gasteiger partial charge in [-0.2, -0.15) is 0 Å². The van der Waals surface area contributed by atoms with E-state index in [0.717, 1.165) is 43.1 Å². The van der Waals surface area contributed by atoms with E-state index in [1.165, 1.54) is 16.8 Å². The number of nitrogen functional groups attached to an aromatic ring is 1. The van der Waals surface area contributed by atoms with Crippen molar-refractivity contribution in [2.45, 2.75) is 19.4 Å². The van der Waals surface area contributed by atoms with Crippen LogP contribution in [-0.2, 0) is 13.0 Å². The highest BCUT2D eigenvalue weighted by Crippen LogP contribution is 2.35. The Balaban J connectivity index is 1.63. The van der Waals surface area contributed by atoms with E-state index in [-0.39, 0.29) is 0 Å². The molecule has 108 valence electrons. The van der Waals surface area contributed by atoms with E-state index in [2.05, 4.69) is 23.1 Å². The van der Waals surface area contributed by atoms with Crippen molar-refractivity contribution in [1.82, 2.24) is 0 Å². The minimum absolute atomic E-state index is 0.321. The van der Waals surface area contributed by atoms with Gasteiger partial charge in [0, 0.05) is 24.5 Å². The fraction of sp³-hybridized carbons (Fsp3) is 0.294. The van der Waals surface area contributed by atoms with Gasteiger partial charge in [-0.05, 0) is 48.2 Å². The maximum Gasteiger partial charge on any atom is 0.231 e. The van der Waals surface area contributed by atoms with E-state index in [0.29, 0.717) is 6.79 Å². The average molecular weight is 282 g/mol. The Labute approximate surface area is 124 Å². The molecule has 2 aromatic rings. The number of nitrogens with two attached hydrogens (primary N) is 1. The van der Waals surface area contributed by atoms with E-state index in [9.17, 15) is 0 Å². The molecule has 0 bridgehead atoms. The second-order valence-electron chi connectivity index (χ2n) is 5.56. The summed E-state index contributed by atoms with van der Waals surface area (Å²) in [6.45, 7) is 2.25. The molecule has 4 rings (SSSR count). The van der Waals surface area contributed by atoms with E-state index in [1.54, 1.807) is 0 Å². The zero-order chi connectivity index (χ0) is 14.2. The molecule has 0 amide bonds. The molecule has 0 saturated heterocycles. The Hall–Kier alpha value is -2.36. The third-order valence-corrected chi connectivity index (χ3v) is 4.19. The van der Waals surface area contributed by atoms with Gasteiger partial charge in [0.2, 0.25) is 6.79 Å². The molecular formula is C17H18N2O2. The highest BCUT2D eigenvalue weighted by atomic mass is 16.7. The third-order valence-electron chi connectivity index (χ3n) is 4.19. The lowest BCUT2D eigenvalue weighted by Crippen LogP contribution is -2.29. The topological polar surface area (TPSA) is 47.7 Å². The second kappa shape index (κ2) is 4.88. The lowest BCUT2D eigenvalue weighted by atomic mass is 9.99. The van der Waals surface area contributed by atoms with E-state index >= 15 is 0 Å². The summed E-state index contributed by atoms with van der Waals surface area (Å²) in [5.41, 5.74) is 10.8. The minimum atomic E-state index is 0.321. The van der Waals surface area contributed by atoms with Crippen LogP contribution in [-0.4, -0.2) is 13.3 Å². The van der Waals surface area contributed by atoms with Crippen molar-refractivity contribution in [3.63, 3.8) is 0 Å².